The average molecular weight is 520 g/mol. The molecule has 1 aromatic heterocycles. The Labute approximate surface area is 214 Å². The van der Waals surface area contributed by atoms with Crippen LogP contribution < -0.4 is 26.4 Å². The van der Waals surface area contributed by atoms with Gasteiger partial charge in [0.1, 0.15) is 6.54 Å². The molecule has 2 rings (SSSR count). The molecule has 33 heavy (non-hydrogen) atoms. The summed E-state index contributed by atoms with van der Waals surface area (Å²) in [5, 5.41) is 0. The van der Waals surface area contributed by atoms with E-state index in [9.17, 15) is 0 Å². The zero-order valence-corrected chi connectivity index (χ0v) is 22.8. The highest BCUT2D eigenvalue weighted by Crippen LogP contribution is 2.16. The zero-order valence-electron chi connectivity index (χ0n) is 21.2. The van der Waals surface area contributed by atoms with Crippen molar-refractivity contribution in [2.45, 2.75) is 91.5 Å². The largest absolute Gasteiger partial charge is 1.00 e. The van der Waals surface area contributed by atoms with Crippen LogP contribution in [0.5, 0.6) is 0 Å². The van der Waals surface area contributed by atoms with Crippen LogP contribution >= 0.6 is 0 Å². The van der Waals surface area contributed by atoms with Crippen LogP contribution in [0.15, 0.2) is 48.7 Å². The van der Waals surface area contributed by atoms with Crippen molar-refractivity contribution in [2.75, 3.05) is 18.0 Å². The lowest BCUT2D eigenvalue weighted by atomic mass is 10.1. The van der Waals surface area contributed by atoms with E-state index in [-0.39, 0.29) is 22.5 Å². The van der Waals surface area contributed by atoms with Crippen LogP contribution in [0, 0.1) is 0 Å². The minimum absolute atomic E-state index is 0. The van der Waals surface area contributed by atoms with Gasteiger partial charge in [0.2, 0.25) is 5.69 Å². The lowest BCUT2D eigenvalue weighted by Crippen LogP contribution is -3.00. The van der Waals surface area contributed by atoms with Gasteiger partial charge in [-0.05, 0) is 50.1 Å². The number of aryl methyl sites for hydroxylation is 1. The second-order valence-corrected chi connectivity index (χ2v) is 8.60. The van der Waals surface area contributed by atoms with Crippen molar-refractivity contribution in [1.29, 1.82) is 0 Å². The number of hydrogen-bond acceptors (Lipinski definition) is 1. The van der Waals surface area contributed by atoms with Gasteiger partial charge in [-0.1, -0.05) is 70.4 Å². The first kappa shape index (κ1) is 31.4. The number of pyridine rings is 1. The summed E-state index contributed by atoms with van der Waals surface area (Å²) in [5.41, 5.74) is 3.84. The van der Waals surface area contributed by atoms with E-state index in [0.717, 1.165) is 19.6 Å². The Kier molecular flexibility index (Phi) is 18.8. The van der Waals surface area contributed by atoms with Crippen LogP contribution in [0.3, 0.4) is 0 Å². The normalized spacial score (nSPS) is 10.6. The number of aromatic nitrogens is 1. The van der Waals surface area contributed by atoms with Gasteiger partial charge < -0.3 is 27.4 Å². The highest BCUT2D eigenvalue weighted by atomic mass is 79.9. The van der Waals surface area contributed by atoms with E-state index in [1.54, 1.807) is 0 Å². The number of unbranched alkanes of at least 4 members (excludes halogenated alkanes) is 9. The van der Waals surface area contributed by atoms with Gasteiger partial charge in [0.25, 0.3) is 0 Å². The van der Waals surface area contributed by atoms with Crippen LogP contribution in [0.2, 0.25) is 0 Å². The molecule has 0 radical (unpaired) electrons. The maximum Gasteiger partial charge on any atom is 0.205 e. The predicted octanol–water partition coefficient (Wildman–Crippen LogP) is 4.09. The summed E-state index contributed by atoms with van der Waals surface area (Å²) in [7, 11) is 0. The maximum absolute atomic E-state index is 2.39. The average Bonchev–Trinajstić information content (AvgIpc) is 2.81. The SMILES string of the molecule is CCCCCCCCCCCC[n+]1ccccc1/C=C/c1ccc(N(CC)CC)cc1.O.[Br-]. The van der Waals surface area contributed by atoms with Gasteiger partial charge in [0.05, 0.1) is 0 Å². The fraction of sp³-hybridized carbons (Fsp3) is 0.552. The van der Waals surface area contributed by atoms with Crippen molar-refractivity contribution >= 4 is 17.8 Å². The van der Waals surface area contributed by atoms with E-state index in [0.29, 0.717) is 0 Å². The van der Waals surface area contributed by atoms with Crippen molar-refractivity contribution in [3.63, 3.8) is 0 Å². The number of hydrogen-bond donors (Lipinski definition) is 0. The Hall–Kier alpha value is -1.65. The van der Waals surface area contributed by atoms with Gasteiger partial charge in [0.15, 0.2) is 6.20 Å². The molecule has 2 aromatic rings. The Balaban J connectivity index is 0.00000512. The Morgan fingerprint density at radius 2 is 1.27 bits per heavy atom. The third-order valence-corrected chi connectivity index (χ3v) is 6.20. The molecule has 0 bridgehead atoms. The molecule has 4 heteroatoms. The number of nitrogens with zero attached hydrogens (tertiary/aromatic N) is 2. The van der Waals surface area contributed by atoms with Crippen molar-refractivity contribution in [3.8, 4) is 0 Å². The summed E-state index contributed by atoms with van der Waals surface area (Å²) in [6.45, 7) is 9.91. The summed E-state index contributed by atoms with van der Waals surface area (Å²) in [4.78, 5) is 2.38. The first-order valence-corrected chi connectivity index (χ1v) is 12.8. The summed E-state index contributed by atoms with van der Waals surface area (Å²) in [5.74, 6) is 0. The van der Waals surface area contributed by atoms with Crippen LogP contribution in [0.4, 0.5) is 5.69 Å². The fourth-order valence-corrected chi connectivity index (χ4v) is 4.18. The lowest BCUT2D eigenvalue weighted by Gasteiger charge is -2.20. The maximum atomic E-state index is 2.39. The summed E-state index contributed by atoms with van der Waals surface area (Å²) in [6, 6.07) is 15.4. The first-order valence-electron chi connectivity index (χ1n) is 12.8. The molecule has 3 nitrogen and oxygen atoms in total. The minimum Gasteiger partial charge on any atom is -1.00 e. The topological polar surface area (TPSA) is 38.6 Å². The van der Waals surface area contributed by atoms with E-state index >= 15 is 0 Å². The number of rotatable bonds is 16. The molecule has 1 aromatic carbocycles. The molecule has 0 amide bonds. The lowest BCUT2D eigenvalue weighted by molar-refractivity contribution is -0.699. The van der Waals surface area contributed by atoms with Gasteiger partial charge >= 0.3 is 0 Å². The summed E-state index contributed by atoms with van der Waals surface area (Å²) < 4.78 is 2.39. The number of benzene rings is 1. The quantitative estimate of drug-likeness (QED) is 0.243. The number of anilines is 1. The molecule has 0 atom stereocenters. The highest BCUT2D eigenvalue weighted by Gasteiger charge is 2.06. The molecule has 0 saturated heterocycles. The standard InChI is InChI=1S/C29H45N2.BrH.H2O/c1-4-7-8-9-10-11-12-13-14-16-25-31-26-17-15-18-28(31)22-19-27-20-23-29(24-21-27)30(5-2)6-3;;/h15,17-24,26H,4-14,16,25H2,1-3H3;1H;1H2/q+1;;/p-1. The molecule has 0 saturated carbocycles. The monoisotopic (exact) mass is 518 g/mol. The molecule has 0 aliphatic carbocycles. The van der Waals surface area contributed by atoms with Crippen molar-refractivity contribution in [1.82, 2.24) is 0 Å². The van der Waals surface area contributed by atoms with Crippen molar-refractivity contribution < 1.29 is 27.0 Å². The number of halogens is 1. The third-order valence-electron chi connectivity index (χ3n) is 6.20. The van der Waals surface area contributed by atoms with Gasteiger partial charge in [0, 0.05) is 43.4 Å². The first-order chi connectivity index (χ1) is 15.3. The molecule has 0 aliphatic rings. The van der Waals surface area contributed by atoms with Gasteiger partial charge in [-0.2, -0.15) is 4.57 Å². The second kappa shape index (κ2) is 19.8. The molecular formula is C29H47BrN2O. The van der Waals surface area contributed by atoms with E-state index in [1.807, 2.05) is 0 Å². The Bertz CT molecular complexity index is 742. The van der Waals surface area contributed by atoms with Gasteiger partial charge in [-0.15, -0.1) is 0 Å². The van der Waals surface area contributed by atoms with Crippen LogP contribution in [0.1, 0.15) is 96.2 Å². The predicted molar refractivity (Wildman–Crippen MR) is 141 cm³/mol. The summed E-state index contributed by atoms with van der Waals surface area (Å²) >= 11 is 0. The molecule has 0 spiro atoms. The van der Waals surface area contributed by atoms with E-state index in [1.165, 1.54) is 81.2 Å². The molecule has 186 valence electrons. The van der Waals surface area contributed by atoms with Gasteiger partial charge in [-0.3, -0.25) is 0 Å². The van der Waals surface area contributed by atoms with Crippen molar-refractivity contribution in [2.24, 2.45) is 0 Å². The van der Waals surface area contributed by atoms with E-state index < -0.39 is 0 Å². The molecule has 0 unspecified atom stereocenters. The minimum atomic E-state index is 0. The molecule has 0 fully saturated rings. The second-order valence-electron chi connectivity index (χ2n) is 8.60. The molecular weight excluding hydrogens is 472 g/mol. The smallest absolute Gasteiger partial charge is 0.205 e. The van der Waals surface area contributed by atoms with Crippen molar-refractivity contribution in [3.05, 3.63) is 59.9 Å². The Morgan fingerprint density at radius 3 is 1.85 bits per heavy atom. The fourth-order valence-electron chi connectivity index (χ4n) is 4.18. The zero-order chi connectivity index (χ0) is 22.2. The van der Waals surface area contributed by atoms with Crippen LogP contribution in [-0.4, -0.2) is 18.6 Å². The van der Waals surface area contributed by atoms with Crippen LogP contribution in [-0.2, 0) is 6.54 Å². The highest BCUT2D eigenvalue weighted by molar-refractivity contribution is 5.68. The Morgan fingerprint density at radius 1 is 0.697 bits per heavy atom. The van der Waals surface area contributed by atoms with E-state index in [2.05, 4.69) is 91.1 Å². The molecule has 2 N–H and O–H groups in total. The summed E-state index contributed by atoms with van der Waals surface area (Å²) in [6.07, 6.45) is 20.6. The van der Waals surface area contributed by atoms with Crippen LogP contribution in [0.25, 0.3) is 12.2 Å². The van der Waals surface area contributed by atoms with Gasteiger partial charge in [-0.25, -0.2) is 0 Å². The molecule has 0 aliphatic heterocycles. The third kappa shape index (κ3) is 12.4. The molecule has 1 heterocycles. The van der Waals surface area contributed by atoms with E-state index in [4.69, 9.17) is 0 Å².